The van der Waals surface area contributed by atoms with Gasteiger partial charge in [-0.1, -0.05) is 11.6 Å². The Morgan fingerprint density at radius 2 is 2.11 bits per heavy atom. The highest BCUT2D eigenvalue weighted by Gasteiger charge is 2.32. The number of anilines is 1. The van der Waals surface area contributed by atoms with Gasteiger partial charge < -0.3 is 10.0 Å². The molecule has 1 aromatic carbocycles. The second-order valence-electron chi connectivity index (χ2n) is 3.64. The Morgan fingerprint density at radius 3 is 2.58 bits per heavy atom. The van der Waals surface area contributed by atoms with Crippen LogP contribution < -0.4 is 4.90 Å². The van der Waals surface area contributed by atoms with Crippen molar-refractivity contribution < 1.29 is 23.1 Å². The van der Waals surface area contributed by atoms with Crippen LogP contribution in [0.2, 0.25) is 5.02 Å². The standard InChI is InChI=1S/C11H8ClF3N2O2/c12-8-1-2-9(7(3-8)4-16)17(5-10(18)19)6-11(13,14)15/h1-3H,5-6H2,(H,18,19). The van der Waals surface area contributed by atoms with Gasteiger partial charge in [-0.15, -0.1) is 0 Å². The van der Waals surface area contributed by atoms with Crippen LogP contribution in [0.5, 0.6) is 0 Å². The lowest BCUT2D eigenvalue weighted by Gasteiger charge is -2.25. The van der Waals surface area contributed by atoms with Gasteiger partial charge in [0.15, 0.2) is 0 Å². The van der Waals surface area contributed by atoms with Crippen molar-refractivity contribution in [3.63, 3.8) is 0 Å². The van der Waals surface area contributed by atoms with Crippen LogP contribution >= 0.6 is 11.6 Å². The van der Waals surface area contributed by atoms with Gasteiger partial charge in [-0.2, -0.15) is 18.4 Å². The Morgan fingerprint density at radius 1 is 1.47 bits per heavy atom. The summed E-state index contributed by atoms with van der Waals surface area (Å²) in [5.74, 6) is -1.43. The van der Waals surface area contributed by atoms with Crippen molar-refractivity contribution in [2.24, 2.45) is 0 Å². The summed E-state index contributed by atoms with van der Waals surface area (Å²) in [7, 11) is 0. The molecule has 19 heavy (non-hydrogen) atoms. The van der Waals surface area contributed by atoms with Crippen LogP contribution in [0.25, 0.3) is 0 Å². The molecule has 0 spiro atoms. The predicted molar refractivity (Wildman–Crippen MR) is 62.1 cm³/mol. The number of carboxylic acids is 1. The lowest BCUT2D eigenvalue weighted by atomic mass is 10.1. The molecule has 0 fully saturated rings. The van der Waals surface area contributed by atoms with Crippen LogP contribution in [0.3, 0.4) is 0 Å². The van der Waals surface area contributed by atoms with E-state index in [9.17, 15) is 18.0 Å². The molecule has 0 aliphatic heterocycles. The van der Waals surface area contributed by atoms with E-state index in [0.717, 1.165) is 0 Å². The molecule has 0 radical (unpaired) electrons. The Balaban J connectivity index is 3.17. The van der Waals surface area contributed by atoms with Gasteiger partial charge in [-0.05, 0) is 18.2 Å². The second kappa shape index (κ2) is 5.80. The zero-order valence-corrected chi connectivity index (χ0v) is 10.2. The third kappa shape index (κ3) is 4.67. The van der Waals surface area contributed by atoms with E-state index in [1.165, 1.54) is 18.2 Å². The number of carbonyl (C=O) groups is 1. The number of halogens is 4. The number of alkyl halides is 3. The minimum absolute atomic E-state index is 0.113. The fraction of sp³-hybridized carbons (Fsp3) is 0.273. The Labute approximate surface area is 111 Å². The van der Waals surface area contributed by atoms with E-state index < -0.39 is 25.2 Å². The van der Waals surface area contributed by atoms with Crippen molar-refractivity contribution in [2.45, 2.75) is 6.18 Å². The van der Waals surface area contributed by atoms with Gasteiger partial charge in [0.1, 0.15) is 19.2 Å². The van der Waals surface area contributed by atoms with Gasteiger partial charge in [0.05, 0.1) is 11.3 Å². The van der Waals surface area contributed by atoms with E-state index >= 15 is 0 Å². The van der Waals surface area contributed by atoms with E-state index in [4.69, 9.17) is 22.0 Å². The minimum Gasteiger partial charge on any atom is -0.480 e. The highest BCUT2D eigenvalue weighted by molar-refractivity contribution is 6.30. The van der Waals surface area contributed by atoms with Gasteiger partial charge in [0, 0.05) is 5.02 Å². The van der Waals surface area contributed by atoms with Crippen LogP contribution in [-0.4, -0.2) is 30.3 Å². The zero-order valence-electron chi connectivity index (χ0n) is 9.41. The molecule has 0 aromatic heterocycles. The molecular weight excluding hydrogens is 285 g/mol. The van der Waals surface area contributed by atoms with E-state index in [0.29, 0.717) is 4.90 Å². The van der Waals surface area contributed by atoms with E-state index in [2.05, 4.69) is 0 Å². The maximum Gasteiger partial charge on any atom is 0.405 e. The molecule has 0 bridgehead atoms. The number of hydrogen-bond donors (Lipinski definition) is 1. The van der Waals surface area contributed by atoms with Crippen molar-refractivity contribution in [1.82, 2.24) is 0 Å². The molecule has 1 aromatic rings. The average Bonchev–Trinajstić information content (AvgIpc) is 2.25. The molecule has 0 heterocycles. The molecule has 0 amide bonds. The van der Waals surface area contributed by atoms with Crippen molar-refractivity contribution in [3.05, 3.63) is 28.8 Å². The number of benzene rings is 1. The molecular formula is C11H8ClF3N2O2. The normalized spacial score (nSPS) is 10.9. The summed E-state index contributed by atoms with van der Waals surface area (Å²) in [6, 6.07) is 5.36. The zero-order chi connectivity index (χ0) is 14.6. The number of carboxylic acid groups (broad SMARTS) is 1. The SMILES string of the molecule is N#Cc1cc(Cl)ccc1N(CC(=O)O)CC(F)(F)F. The van der Waals surface area contributed by atoms with Crippen LogP contribution in [-0.2, 0) is 4.79 Å². The van der Waals surface area contributed by atoms with Crippen LogP contribution in [0.1, 0.15) is 5.56 Å². The average molecular weight is 293 g/mol. The summed E-state index contributed by atoms with van der Waals surface area (Å²) in [6.07, 6.45) is -4.58. The first-order chi connectivity index (χ1) is 8.73. The highest BCUT2D eigenvalue weighted by Crippen LogP contribution is 2.27. The third-order valence-corrected chi connectivity index (χ3v) is 2.35. The van der Waals surface area contributed by atoms with E-state index in [-0.39, 0.29) is 16.3 Å². The Bertz CT molecular complexity index is 526. The fourth-order valence-corrected chi connectivity index (χ4v) is 1.65. The summed E-state index contributed by atoms with van der Waals surface area (Å²) in [5.41, 5.74) is -0.232. The first-order valence-corrected chi connectivity index (χ1v) is 5.34. The first kappa shape index (κ1) is 15.1. The van der Waals surface area contributed by atoms with Crippen LogP contribution in [0, 0.1) is 11.3 Å². The minimum atomic E-state index is -4.58. The van der Waals surface area contributed by atoms with Crippen LogP contribution in [0.15, 0.2) is 18.2 Å². The maximum absolute atomic E-state index is 12.4. The molecule has 0 aliphatic rings. The monoisotopic (exact) mass is 292 g/mol. The second-order valence-corrected chi connectivity index (χ2v) is 4.07. The maximum atomic E-state index is 12.4. The predicted octanol–water partition coefficient (Wildman–Crippen LogP) is 2.66. The fourth-order valence-electron chi connectivity index (χ4n) is 1.48. The topological polar surface area (TPSA) is 64.3 Å². The molecule has 8 heteroatoms. The summed E-state index contributed by atoms with van der Waals surface area (Å²) in [4.78, 5) is 11.2. The molecule has 1 rings (SSSR count). The van der Waals surface area contributed by atoms with Crippen molar-refractivity contribution >= 4 is 23.3 Å². The molecule has 0 unspecified atom stereocenters. The lowest BCUT2D eigenvalue weighted by Crippen LogP contribution is -2.38. The Kier molecular flexibility index (Phi) is 4.62. The number of nitriles is 1. The number of rotatable bonds is 4. The van der Waals surface area contributed by atoms with Crippen molar-refractivity contribution in [1.29, 1.82) is 5.26 Å². The molecule has 0 saturated heterocycles. The third-order valence-electron chi connectivity index (χ3n) is 2.12. The Hall–Kier alpha value is -1.94. The number of hydrogen-bond acceptors (Lipinski definition) is 3. The molecule has 1 N–H and O–H groups in total. The summed E-state index contributed by atoms with van der Waals surface area (Å²) in [6.45, 7) is -2.33. The van der Waals surface area contributed by atoms with Crippen molar-refractivity contribution in [2.75, 3.05) is 18.0 Å². The van der Waals surface area contributed by atoms with Gasteiger partial charge in [0.25, 0.3) is 0 Å². The van der Waals surface area contributed by atoms with Gasteiger partial charge in [0.2, 0.25) is 0 Å². The molecule has 102 valence electrons. The smallest absolute Gasteiger partial charge is 0.405 e. The summed E-state index contributed by atoms with van der Waals surface area (Å²) < 4.78 is 37.2. The number of nitrogens with zero attached hydrogens (tertiary/aromatic N) is 2. The van der Waals surface area contributed by atoms with Crippen molar-refractivity contribution in [3.8, 4) is 6.07 Å². The molecule has 0 atom stereocenters. The first-order valence-electron chi connectivity index (χ1n) is 4.96. The number of aliphatic carboxylic acids is 1. The van der Waals surface area contributed by atoms with E-state index in [1.807, 2.05) is 0 Å². The van der Waals surface area contributed by atoms with Gasteiger partial charge >= 0.3 is 12.1 Å². The highest BCUT2D eigenvalue weighted by atomic mass is 35.5. The summed E-state index contributed by atoms with van der Waals surface area (Å²) >= 11 is 5.63. The van der Waals surface area contributed by atoms with Crippen LogP contribution in [0.4, 0.5) is 18.9 Å². The molecule has 4 nitrogen and oxygen atoms in total. The van der Waals surface area contributed by atoms with E-state index in [1.54, 1.807) is 6.07 Å². The summed E-state index contributed by atoms with van der Waals surface area (Å²) in [5, 5.41) is 17.7. The van der Waals surface area contributed by atoms with Gasteiger partial charge in [-0.25, -0.2) is 0 Å². The van der Waals surface area contributed by atoms with Gasteiger partial charge in [-0.3, -0.25) is 4.79 Å². The molecule has 0 saturated carbocycles. The molecule has 0 aliphatic carbocycles. The largest absolute Gasteiger partial charge is 0.480 e. The quantitative estimate of drug-likeness (QED) is 0.926. The lowest BCUT2D eigenvalue weighted by molar-refractivity contribution is -0.136.